The number of amides is 1. The molecule has 0 unspecified atom stereocenters. The third-order valence-corrected chi connectivity index (χ3v) is 5.01. The van der Waals surface area contributed by atoms with E-state index in [0.717, 1.165) is 12.1 Å². The van der Waals surface area contributed by atoms with Crippen molar-refractivity contribution in [1.82, 2.24) is 4.90 Å². The smallest absolute Gasteiger partial charge is 0.264 e. The van der Waals surface area contributed by atoms with E-state index in [-0.39, 0.29) is 11.6 Å². The summed E-state index contributed by atoms with van der Waals surface area (Å²) >= 11 is 0. The van der Waals surface area contributed by atoms with Gasteiger partial charge in [-0.05, 0) is 44.2 Å². The van der Waals surface area contributed by atoms with E-state index >= 15 is 0 Å². The molecule has 1 amide bonds. The highest BCUT2D eigenvalue weighted by Gasteiger charge is 2.20. The first-order valence-electron chi connectivity index (χ1n) is 7.65. The Hall–Kier alpha value is -2.48. The molecule has 0 radical (unpaired) electrons. The third-order valence-electron chi connectivity index (χ3n) is 3.60. The van der Waals surface area contributed by atoms with Crippen molar-refractivity contribution in [2.45, 2.75) is 18.7 Å². The first-order chi connectivity index (χ1) is 11.8. The lowest BCUT2D eigenvalue weighted by Gasteiger charge is -2.19. The molecule has 0 saturated carbocycles. The van der Waals surface area contributed by atoms with Crippen LogP contribution in [-0.2, 0) is 10.0 Å². The number of nitrogens with one attached hydrogen (secondary N) is 1. The van der Waals surface area contributed by atoms with Crippen LogP contribution in [0.3, 0.4) is 0 Å². The maximum atomic E-state index is 13.7. The van der Waals surface area contributed by atoms with Crippen LogP contribution in [0.4, 0.5) is 14.5 Å². The van der Waals surface area contributed by atoms with Gasteiger partial charge in [-0.15, -0.1) is 0 Å². The molecule has 0 saturated heterocycles. The van der Waals surface area contributed by atoms with Crippen LogP contribution in [0.25, 0.3) is 0 Å². The average Bonchev–Trinajstić information content (AvgIpc) is 2.55. The maximum absolute atomic E-state index is 13.7. The van der Waals surface area contributed by atoms with E-state index in [9.17, 15) is 22.0 Å². The Balaban J connectivity index is 2.31. The highest BCUT2D eigenvalue weighted by molar-refractivity contribution is 7.92. The summed E-state index contributed by atoms with van der Waals surface area (Å²) in [5, 5.41) is 0. The number of carbonyl (C=O) groups excluding carboxylic acids is 1. The van der Waals surface area contributed by atoms with Gasteiger partial charge in [0.2, 0.25) is 0 Å². The number of anilines is 1. The first-order valence-corrected chi connectivity index (χ1v) is 9.14. The monoisotopic (exact) mass is 368 g/mol. The molecule has 2 aromatic carbocycles. The number of nitrogens with zero attached hydrogens (tertiary/aromatic N) is 1. The SMILES string of the molecule is CCN(CC)C(=O)c1cccc(NS(=O)(=O)c2ccc(F)cc2F)c1. The Morgan fingerprint density at radius 3 is 2.36 bits per heavy atom. The van der Waals surface area contributed by atoms with E-state index < -0.39 is 26.6 Å². The second-order valence-electron chi connectivity index (χ2n) is 5.24. The summed E-state index contributed by atoms with van der Waals surface area (Å²) in [6, 6.07) is 8.11. The number of sulfonamides is 1. The van der Waals surface area contributed by atoms with Gasteiger partial charge in [-0.1, -0.05) is 6.07 Å². The zero-order valence-electron chi connectivity index (χ0n) is 13.8. The van der Waals surface area contributed by atoms with E-state index in [1.807, 2.05) is 13.8 Å². The van der Waals surface area contributed by atoms with Crippen molar-refractivity contribution < 1.29 is 22.0 Å². The molecule has 0 heterocycles. The van der Waals surface area contributed by atoms with Crippen LogP contribution in [0.1, 0.15) is 24.2 Å². The fourth-order valence-electron chi connectivity index (χ4n) is 2.31. The van der Waals surface area contributed by atoms with Gasteiger partial charge in [0.1, 0.15) is 16.5 Å². The molecule has 2 rings (SSSR count). The van der Waals surface area contributed by atoms with E-state index in [4.69, 9.17) is 0 Å². The molecule has 0 aliphatic heterocycles. The summed E-state index contributed by atoms with van der Waals surface area (Å²) in [4.78, 5) is 13.3. The number of carbonyl (C=O) groups is 1. The molecule has 0 atom stereocenters. The minimum absolute atomic E-state index is 0.113. The minimum Gasteiger partial charge on any atom is -0.339 e. The summed E-state index contributed by atoms with van der Waals surface area (Å²) < 4.78 is 53.5. The highest BCUT2D eigenvalue weighted by Crippen LogP contribution is 2.21. The fourth-order valence-corrected chi connectivity index (χ4v) is 3.42. The van der Waals surface area contributed by atoms with Gasteiger partial charge in [-0.2, -0.15) is 0 Å². The van der Waals surface area contributed by atoms with Gasteiger partial charge < -0.3 is 4.90 Å². The van der Waals surface area contributed by atoms with Crippen molar-refractivity contribution in [3.05, 3.63) is 59.7 Å². The van der Waals surface area contributed by atoms with Crippen LogP contribution in [0.2, 0.25) is 0 Å². The summed E-state index contributed by atoms with van der Waals surface area (Å²) in [5.74, 6) is -2.30. The van der Waals surface area contributed by atoms with Gasteiger partial charge in [-0.25, -0.2) is 17.2 Å². The second kappa shape index (κ2) is 7.60. The van der Waals surface area contributed by atoms with Crippen LogP contribution >= 0.6 is 0 Å². The van der Waals surface area contributed by atoms with Crippen LogP contribution in [0.15, 0.2) is 47.4 Å². The van der Waals surface area contributed by atoms with E-state index in [0.29, 0.717) is 24.7 Å². The van der Waals surface area contributed by atoms with Gasteiger partial charge in [0.15, 0.2) is 0 Å². The zero-order chi connectivity index (χ0) is 18.6. The molecule has 0 aromatic heterocycles. The maximum Gasteiger partial charge on any atom is 0.264 e. The van der Waals surface area contributed by atoms with Crippen LogP contribution in [0, 0.1) is 11.6 Å². The molecule has 0 aliphatic rings. The molecule has 8 heteroatoms. The van der Waals surface area contributed by atoms with Crippen molar-refractivity contribution in [1.29, 1.82) is 0 Å². The minimum atomic E-state index is -4.25. The topological polar surface area (TPSA) is 66.5 Å². The van der Waals surface area contributed by atoms with Gasteiger partial charge in [0.05, 0.1) is 0 Å². The Bertz CT molecular complexity index is 881. The molecule has 134 valence electrons. The normalized spacial score (nSPS) is 11.2. The first kappa shape index (κ1) is 18.9. The summed E-state index contributed by atoms with van der Waals surface area (Å²) in [5.41, 5.74) is 0.421. The fraction of sp³-hybridized carbons (Fsp3) is 0.235. The largest absolute Gasteiger partial charge is 0.339 e. The average molecular weight is 368 g/mol. The molecule has 25 heavy (non-hydrogen) atoms. The van der Waals surface area contributed by atoms with E-state index in [1.165, 1.54) is 18.2 Å². The van der Waals surface area contributed by atoms with Crippen molar-refractivity contribution in [3.8, 4) is 0 Å². The van der Waals surface area contributed by atoms with Crippen molar-refractivity contribution in [3.63, 3.8) is 0 Å². The molecule has 0 fully saturated rings. The van der Waals surface area contributed by atoms with E-state index in [2.05, 4.69) is 4.72 Å². The van der Waals surface area contributed by atoms with Crippen LogP contribution < -0.4 is 4.72 Å². The van der Waals surface area contributed by atoms with Gasteiger partial charge >= 0.3 is 0 Å². The quantitative estimate of drug-likeness (QED) is 0.851. The lowest BCUT2D eigenvalue weighted by molar-refractivity contribution is 0.0773. The van der Waals surface area contributed by atoms with E-state index in [1.54, 1.807) is 11.0 Å². The Morgan fingerprint density at radius 1 is 1.08 bits per heavy atom. The third kappa shape index (κ3) is 4.33. The molecule has 5 nitrogen and oxygen atoms in total. The number of hydrogen-bond acceptors (Lipinski definition) is 3. The molecule has 0 spiro atoms. The second-order valence-corrected chi connectivity index (χ2v) is 6.89. The molecule has 0 bridgehead atoms. The summed E-state index contributed by atoms with van der Waals surface area (Å²) in [6.45, 7) is 4.72. The molecule has 1 N–H and O–H groups in total. The molecular formula is C17H18F2N2O3S. The van der Waals surface area contributed by atoms with Gasteiger partial charge in [-0.3, -0.25) is 9.52 Å². The predicted molar refractivity (Wildman–Crippen MR) is 90.9 cm³/mol. The van der Waals surface area contributed by atoms with Crippen molar-refractivity contribution in [2.75, 3.05) is 17.8 Å². The molecule has 2 aromatic rings. The van der Waals surface area contributed by atoms with Crippen LogP contribution in [0.5, 0.6) is 0 Å². The summed E-state index contributed by atoms with van der Waals surface area (Å²) in [7, 11) is -4.25. The van der Waals surface area contributed by atoms with Crippen molar-refractivity contribution >= 4 is 21.6 Å². The van der Waals surface area contributed by atoms with Gasteiger partial charge in [0.25, 0.3) is 15.9 Å². The zero-order valence-corrected chi connectivity index (χ0v) is 14.6. The standard InChI is InChI=1S/C17H18F2N2O3S/c1-3-21(4-2)17(22)12-6-5-7-14(10-12)20-25(23,24)16-9-8-13(18)11-15(16)19/h5-11,20H,3-4H2,1-2H3. The Morgan fingerprint density at radius 2 is 1.76 bits per heavy atom. The van der Waals surface area contributed by atoms with Crippen LogP contribution in [-0.4, -0.2) is 32.3 Å². The number of hydrogen-bond donors (Lipinski definition) is 1. The lowest BCUT2D eigenvalue weighted by Crippen LogP contribution is -2.30. The highest BCUT2D eigenvalue weighted by atomic mass is 32.2. The lowest BCUT2D eigenvalue weighted by atomic mass is 10.2. The predicted octanol–water partition coefficient (Wildman–Crippen LogP) is 3.25. The molecular weight excluding hydrogens is 350 g/mol. The summed E-state index contributed by atoms with van der Waals surface area (Å²) in [6.07, 6.45) is 0. The number of halogens is 2. The molecule has 0 aliphatic carbocycles. The Kier molecular flexibility index (Phi) is 5.73. The number of rotatable bonds is 6. The number of benzene rings is 2. The van der Waals surface area contributed by atoms with Crippen molar-refractivity contribution in [2.24, 2.45) is 0 Å². The Labute approximate surface area is 145 Å². The van der Waals surface area contributed by atoms with Gasteiger partial charge in [0, 0.05) is 30.4 Å².